The van der Waals surface area contributed by atoms with Gasteiger partial charge >= 0.3 is 0 Å². The van der Waals surface area contributed by atoms with Crippen LogP contribution in [0.15, 0.2) is 145 Å². The minimum atomic E-state index is -0.230. The predicted octanol–water partition coefficient (Wildman–Crippen LogP) is 10.8. The number of para-hydroxylation sites is 3. The summed E-state index contributed by atoms with van der Waals surface area (Å²) in [5, 5.41) is 7.75. The van der Waals surface area contributed by atoms with Gasteiger partial charge in [0.1, 0.15) is 0 Å². The third-order valence-corrected chi connectivity index (χ3v) is 10.8. The Labute approximate surface area is 269 Å². The number of thiophene rings is 1. The van der Waals surface area contributed by atoms with Crippen LogP contribution in [0.5, 0.6) is 0 Å². The Balaban J connectivity index is 1.13. The summed E-state index contributed by atoms with van der Waals surface area (Å²) in [5.74, 6) is 0. The highest BCUT2D eigenvalue weighted by Crippen LogP contribution is 2.44. The van der Waals surface area contributed by atoms with Crippen molar-refractivity contribution in [3.8, 4) is 5.69 Å². The lowest BCUT2D eigenvalue weighted by Gasteiger charge is -2.33. The molecule has 0 radical (unpaired) electrons. The Morgan fingerprint density at radius 2 is 1.26 bits per heavy atom. The van der Waals surface area contributed by atoms with E-state index < -0.39 is 0 Å². The van der Waals surface area contributed by atoms with E-state index in [0.29, 0.717) is 0 Å². The van der Waals surface area contributed by atoms with E-state index in [1.807, 2.05) is 17.6 Å². The number of allylic oxidation sites excluding steroid dienone is 1. The summed E-state index contributed by atoms with van der Waals surface area (Å²) < 4.78 is 7.45. The second-order valence-electron chi connectivity index (χ2n) is 12.0. The third kappa shape index (κ3) is 3.52. The highest BCUT2D eigenvalue weighted by atomic mass is 32.1. The first kappa shape index (κ1) is 25.7. The van der Waals surface area contributed by atoms with Crippen molar-refractivity contribution in [2.75, 3.05) is 7.05 Å². The zero-order chi connectivity index (χ0) is 30.4. The highest BCUT2D eigenvalue weighted by Gasteiger charge is 2.26. The molecule has 10 rings (SSSR count). The van der Waals surface area contributed by atoms with Crippen LogP contribution < -0.4 is 0 Å². The molecule has 6 aromatic carbocycles. The van der Waals surface area contributed by atoms with Crippen LogP contribution in [-0.2, 0) is 0 Å². The first-order chi connectivity index (χ1) is 22.8. The van der Waals surface area contributed by atoms with Crippen molar-refractivity contribution >= 4 is 87.0 Å². The van der Waals surface area contributed by atoms with Gasteiger partial charge in [-0.1, -0.05) is 91.0 Å². The zero-order valence-corrected chi connectivity index (χ0v) is 25.9. The summed E-state index contributed by atoms with van der Waals surface area (Å²) in [4.78, 5) is 7.40. The number of benzene rings is 6. The average Bonchev–Trinajstić information content (AvgIpc) is 3.76. The number of rotatable bonds is 3. The summed E-state index contributed by atoms with van der Waals surface area (Å²) in [6, 6.07) is 48.4. The summed E-state index contributed by atoms with van der Waals surface area (Å²) in [7, 11) is 2.17. The highest BCUT2D eigenvalue weighted by molar-refractivity contribution is 7.26. The van der Waals surface area contributed by atoms with E-state index in [1.165, 1.54) is 63.8 Å². The van der Waals surface area contributed by atoms with Crippen molar-refractivity contribution in [2.24, 2.45) is 4.99 Å². The average molecular weight is 609 g/mol. The molecule has 1 atom stereocenters. The van der Waals surface area contributed by atoms with Crippen LogP contribution in [0.2, 0.25) is 0 Å². The maximum absolute atomic E-state index is 5.09. The van der Waals surface area contributed by atoms with Gasteiger partial charge in [0.2, 0.25) is 6.29 Å². The fraction of sp³-hybridized carbons (Fsp3) is 0.0488. The van der Waals surface area contributed by atoms with Gasteiger partial charge in [0, 0.05) is 71.9 Å². The normalized spacial score (nSPS) is 15.3. The van der Waals surface area contributed by atoms with Crippen molar-refractivity contribution in [1.82, 2.24) is 14.0 Å². The van der Waals surface area contributed by atoms with Crippen LogP contribution in [0.25, 0.3) is 75.2 Å². The monoisotopic (exact) mass is 608 g/mol. The van der Waals surface area contributed by atoms with Crippen LogP contribution in [-0.4, -0.2) is 27.3 Å². The molecule has 0 spiro atoms. The lowest BCUT2D eigenvalue weighted by atomic mass is 10.1. The molecular weight excluding hydrogens is 581 g/mol. The van der Waals surface area contributed by atoms with Gasteiger partial charge in [-0.2, -0.15) is 0 Å². The van der Waals surface area contributed by atoms with Crippen molar-refractivity contribution < 1.29 is 0 Å². The number of aromatic nitrogens is 2. The number of hydrogen-bond acceptors (Lipinski definition) is 3. The Kier molecular flexibility index (Phi) is 5.39. The molecule has 1 unspecified atom stereocenters. The van der Waals surface area contributed by atoms with Gasteiger partial charge < -0.3 is 14.0 Å². The molecule has 9 aromatic rings. The molecule has 5 heteroatoms. The van der Waals surface area contributed by atoms with Gasteiger partial charge in [0.25, 0.3) is 0 Å². The fourth-order valence-electron chi connectivity index (χ4n) is 7.59. The molecule has 218 valence electrons. The Morgan fingerprint density at radius 1 is 0.587 bits per heavy atom. The van der Waals surface area contributed by atoms with E-state index in [0.717, 1.165) is 16.9 Å². The van der Waals surface area contributed by atoms with Gasteiger partial charge in [-0.3, -0.25) is 0 Å². The van der Waals surface area contributed by atoms with E-state index in [9.17, 15) is 0 Å². The molecule has 0 saturated carbocycles. The molecule has 0 N–H and O–H groups in total. The molecule has 0 aliphatic carbocycles. The zero-order valence-electron chi connectivity index (χ0n) is 25.1. The summed E-state index contributed by atoms with van der Waals surface area (Å²) in [5.41, 5.74) is 8.26. The lowest BCUT2D eigenvalue weighted by molar-refractivity contribution is 0.283. The quantitative estimate of drug-likeness (QED) is 0.196. The van der Waals surface area contributed by atoms with Crippen LogP contribution in [0.4, 0.5) is 0 Å². The van der Waals surface area contributed by atoms with Crippen LogP contribution in [0.1, 0.15) is 11.9 Å². The molecule has 1 aliphatic rings. The number of fused-ring (bicyclic) bond motifs is 10. The maximum atomic E-state index is 5.09. The SMILES string of the molecule is CN1C(c2cccc(-n3c4ccccc4c4ccccc43)c2)=CC=NC1n1c2ccccc2c2c3sc4ccccc4c3ccc21. The molecule has 46 heavy (non-hydrogen) atoms. The molecular formula is C41H28N4S. The summed E-state index contributed by atoms with van der Waals surface area (Å²) >= 11 is 1.89. The molecule has 1 aliphatic heterocycles. The van der Waals surface area contributed by atoms with Crippen molar-refractivity contribution in [3.05, 3.63) is 145 Å². The fourth-order valence-corrected chi connectivity index (χ4v) is 8.85. The summed E-state index contributed by atoms with van der Waals surface area (Å²) in [6.45, 7) is 0. The van der Waals surface area contributed by atoms with E-state index in [-0.39, 0.29) is 6.29 Å². The standard InChI is InChI=1S/C41H28N4S/c1-43-33(26-11-10-12-27(25-26)44-34-17-6-2-13-28(34)29-14-3-7-18-35(29)44)23-24-42-41(43)45-36-19-8-4-16-32(36)39-37(45)22-21-31-30-15-5-9-20-38(30)46-40(31)39/h2-25,41H,1H3. The second kappa shape index (κ2) is 9.67. The maximum Gasteiger partial charge on any atom is 0.203 e. The number of aliphatic imine (C=N–C) groups is 1. The Hall–Kier alpha value is -5.65. The number of hydrogen-bond donors (Lipinski definition) is 0. The van der Waals surface area contributed by atoms with Gasteiger partial charge in [0.15, 0.2) is 0 Å². The van der Waals surface area contributed by atoms with Crippen molar-refractivity contribution in [2.45, 2.75) is 6.29 Å². The van der Waals surface area contributed by atoms with Crippen molar-refractivity contribution in [1.29, 1.82) is 0 Å². The van der Waals surface area contributed by atoms with E-state index in [4.69, 9.17) is 4.99 Å². The molecule has 0 bridgehead atoms. The molecule has 4 heterocycles. The number of nitrogens with zero attached hydrogens (tertiary/aromatic N) is 4. The van der Waals surface area contributed by atoms with Gasteiger partial charge in [-0.15, -0.1) is 11.3 Å². The van der Waals surface area contributed by atoms with Crippen LogP contribution in [0, 0.1) is 0 Å². The molecule has 4 nitrogen and oxygen atoms in total. The van der Waals surface area contributed by atoms with Gasteiger partial charge in [-0.25, -0.2) is 4.99 Å². The first-order valence-electron chi connectivity index (χ1n) is 15.6. The Bertz CT molecular complexity index is 2680. The van der Waals surface area contributed by atoms with Gasteiger partial charge in [-0.05, 0) is 48.5 Å². The topological polar surface area (TPSA) is 25.5 Å². The van der Waals surface area contributed by atoms with Gasteiger partial charge in [0.05, 0.1) is 22.1 Å². The van der Waals surface area contributed by atoms with Crippen LogP contribution in [0.3, 0.4) is 0 Å². The van der Waals surface area contributed by atoms with E-state index in [1.54, 1.807) is 0 Å². The summed E-state index contributed by atoms with van der Waals surface area (Å²) in [6.07, 6.45) is 3.89. The largest absolute Gasteiger partial charge is 0.335 e. The van der Waals surface area contributed by atoms with Crippen molar-refractivity contribution in [3.63, 3.8) is 0 Å². The molecule has 0 fully saturated rings. The molecule has 3 aromatic heterocycles. The van der Waals surface area contributed by atoms with E-state index >= 15 is 0 Å². The smallest absolute Gasteiger partial charge is 0.203 e. The minimum Gasteiger partial charge on any atom is -0.335 e. The third-order valence-electron chi connectivity index (χ3n) is 9.61. The molecule has 0 amide bonds. The molecule has 0 saturated heterocycles. The predicted molar refractivity (Wildman–Crippen MR) is 196 cm³/mol. The minimum absolute atomic E-state index is 0.230. The Morgan fingerprint density at radius 3 is 2.04 bits per heavy atom. The first-order valence-corrected chi connectivity index (χ1v) is 16.5. The second-order valence-corrected chi connectivity index (χ2v) is 13.1. The van der Waals surface area contributed by atoms with Crippen LogP contribution >= 0.6 is 11.3 Å². The van der Waals surface area contributed by atoms with E-state index in [2.05, 4.69) is 161 Å². The lowest BCUT2D eigenvalue weighted by Crippen LogP contribution is -2.29.